The maximum Gasteiger partial charge on any atom is 0.313 e. The Hall–Kier alpha value is -3.63. The van der Waals surface area contributed by atoms with Crippen LogP contribution in [0, 0.1) is 15.9 Å². The molecule has 0 saturated heterocycles. The molecule has 1 heterocycles. The van der Waals surface area contributed by atoms with Crippen molar-refractivity contribution in [3.8, 4) is 5.75 Å². The second-order valence-electron chi connectivity index (χ2n) is 7.43. The molecule has 0 aliphatic rings. The minimum atomic E-state index is -0.623. The Bertz CT molecular complexity index is 1520. The van der Waals surface area contributed by atoms with Gasteiger partial charge < -0.3 is 4.74 Å². The number of hydrogen-bond acceptors (Lipinski definition) is 6. The summed E-state index contributed by atoms with van der Waals surface area (Å²) < 4.78 is 20.6. The molecule has 0 atom stereocenters. The van der Waals surface area contributed by atoms with E-state index in [1.807, 2.05) is 6.92 Å². The lowest BCUT2D eigenvalue weighted by atomic mass is 10.2. The third-order valence-electron chi connectivity index (χ3n) is 5.05. The van der Waals surface area contributed by atoms with Crippen molar-refractivity contribution in [1.29, 1.82) is 0 Å². The van der Waals surface area contributed by atoms with E-state index < -0.39 is 10.7 Å². The second kappa shape index (κ2) is 10.3. The monoisotopic (exact) mass is 558 g/mol. The smallest absolute Gasteiger partial charge is 0.313 e. The number of benzene rings is 3. The van der Waals surface area contributed by atoms with Crippen molar-refractivity contribution in [2.45, 2.75) is 20.0 Å². The van der Waals surface area contributed by atoms with Crippen LogP contribution in [-0.4, -0.2) is 20.8 Å². The summed E-state index contributed by atoms with van der Waals surface area (Å²) in [5.74, 6) is -0.0938. The van der Waals surface area contributed by atoms with Gasteiger partial charge in [-0.15, -0.1) is 0 Å². The highest BCUT2D eigenvalue weighted by atomic mass is 79.9. The van der Waals surface area contributed by atoms with Gasteiger partial charge in [0.1, 0.15) is 18.2 Å². The van der Waals surface area contributed by atoms with Gasteiger partial charge in [-0.3, -0.25) is 14.9 Å². The number of nitro benzene ring substituents is 1. The normalized spacial score (nSPS) is 11.3. The van der Waals surface area contributed by atoms with Crippen molar-refractivity contribution in [2.24, 2.45) is 5.10 Å². The molecule has 0 amide bonds. The van der Waals surface area contributed by atoms with Crippen molar-refractivity contribution < 1.29 is 14.1 Å². The number of fused-ring (bicyclic) bond motifs is 1. The van der Waals surface area contributed by atoms with Crippen LogP contribution in [0.5, 0.6) is 5.75 Å². The van der Waals surface area contributed by atoms with E-state index in [0.717, 1.165) is 9.15 Å². The van der Waals surface area contributed by atoms with Crippen molar-refractivity contribution in [3.05, 3.63) is 107 Å². The van der Waals surface area contributed by atoms with E-state index in [-0.39, 0.29) is 28.6 Å². The van der Waals surface area contributed by atoms with E-state index in [0.29, 0.717) is 34.3 Å². The Labute approximate surface area is 211 Å². The fraction of sp³-hybridized carbons (Fsp3) is 0.125. The van der Waals surface area contributed by atoms with Crippen LogP contribution in [0.15, 0.2) is 69.0 Å². The first-order chi connectivity index (χ1) is 16.8. The highest BCUT2D eigenvalue weighted by Gasteiger charge is 2.21. The predicted octanol–water partition coefficient (Wildman–Crippen LogP) is 5.88. The van der Waals surface area contributed by atoms with Gasteiger partial charge in [0.15, 0.2) is 0 Å². The summed E-state index contributed by atoms with van der Waals surface area (Å²) in [4.78, 5) is 28.6. The Morgan fingerprint density at radius 2 is 1.97 bits per heavy atom. The number of rotatable bonds is 7. The van der Waals surface area contributed by atoms with E-state index >= 15 is 0 Å². The molecular formula is C24H17BrClFN4O4. The van der Waals surface area contributed by atoms with Crippen molar-refractivity contribution >= 4 is 50.3 Å². The highest BCUT2D eigenvalue weighted by molar-refractivity contribution is 9.10. The molecule has 8 nitrogen and oxygen atoms in total. The Kier molecular flexibility index (Phi) is 7.23. The number of nitro groups is 1. The number of halogens is 3. The number of aryl methyl sites for hydroxylation is 1. The van der Waals surface area contributed by atoms with Crippen LogP contribution in [0.25, 0.3) is 10.9 Å². The van der Waals surface area contributed by atoms with E-state index in [1.54, 1.807) is 18.2 Å². The summed E-state index contributed by atoms with van der Waals surface area (Å²) in [5.41, 5.74) is 0.709. The molecule has 0 saturated carbocycles. The standard InChI is InChI=1S/C24H17BrClFN4O4/c1-2-22-29-20-8-5-16(25)11-18(20)24(32)30(22)28-12-15-9-19(26)23(21(10-15)31(33)34)35-13-14-3-6-17(27)7-4-14/h3-12H,2,13H2,1H3. The molecule has 4 aromatic rings. The van der Waals surface area contributed by atoms with Crippen LogP contribution < -0.4 is 10.3 Å². The topological polar surface area (TPSA) is 99.6 Å². The third kappa shape index (κ3) is 5.39. The van der Waals surface area contributed by atoms with Crippen LogP contribution in [-0.2, 0) is 13.0 Å². The molecule has 0 aliphatic carbocycles. The molecule has 4 rings (SSSR count). The molecule has 178 valence electrons. The van der Waals surface area contributed by atoms with E-state index in [4.69, 9.17) is 16.3 Å². The Balaban J connectivity index is 1.69. The van der Waals surface area contributed by atoms with Crippen LogP contribution in [0.1, 0.15) is 23.9 Å². The molecule has 0 spiro atoms. The second-order valence-corrected chi connectivity index (χ2v) is 8.75. The number of ether oxygens (including phenoxy) is 1. The zero-order valence-corrected chi connectivity index (χ0v) is 20.6. The van der Waals surface area contributed by atoms with Gasteiger partial charge in [-0.1, -0.05) is 46.6 Å². The lowest BCUT2D eigenvalue weighted by Crippen LogP contribution is -2.22. The van der Waals surface area contributed by atoms with Gasteiger partial charge in [0.25, 0.3) is 5.56 Å². The van der Waals surface area contributed by atoms with E-state index in [1.165, 1.54) is 42.6 Å². The quantitative estimate of drug-likeness (QED) is 0.160. The van der Waals surface area contributed by atoms with Gasteiger partial charge in [0.2, 0.25) is 5.75 Å². The van der Waals surface area contributed by atoms with Crippen molar-refractivity contribution in [1.82, 2.24) is 9.66 Å². The van der Waals surface area contributed by atoms with E-state index in [2.05, 4.69) is 26.0 Å². The average Bonchev–Trinajstić information content (AvgIpc) is 2.83. The Morgan fingerprint density at radius 3 is 2.66 bits per heavy atom. The summed E-state index contributed by atoms with van der Waals surface area (Å²) in [6.45, 7) is 1.80. The first kappa shape index (κ1) is 24.5. The first-order valence-corrected chi connectivity index (χ1v) is 11.5. The Morgan fingerprint density at radius 1 is 1.23 bits per heavy atom. The third-order valence-corrected chi connectivity index (χ3v) is 5.83. The molecular weight excluding hydrogens is 543 g/mol. The minimum Gasteiger partial charge on any atom is -0.481 e. The molecule has 11 heteroatoms. The molecule has 3 aromatic carbocycles. The zero-order valence-electron chi connectivity index (χ0n) is 18.2. The van der Waals surface area contributed by atoms with Gasteiger partial charge in [-0.05, 0) is 42.0 Å². The zero-order chi connectivity index (χ0) is 25.1. The average molecular weight is 560 g/mol. The van der Waals surface area contributed by atoms with Gasteiger partial charge in [-0.2, -0.15) is 9.78 Å². The summed E-state index contributed by atoms with van der Waals surface area (Å²) in [6, 6.07) is 13.4. The summed E-state index contributed by atoms with van der Waals surface area (Å²) in [6.07, 6.45) is 1.74. The molecule has 35 heavy (non-hydrogen) atoms. The van der Waals surface area contributed by atoms with Gasteiger partial charge in [0.05, 0.1) is 27.1 Å². The van der Waals surface area contributed by atoms with Gasteiger partial charge >= 0.3 is 5.69 Å². The van der Waals surface area contributed by atoms with Crippen molar-refractivity contribution in [2.75, 3.05) is 0 Å². The van der Waals surface area contributed by atoms with Crippen molar-refractivity contribution in [3.63, 3.8) is 0 Å². The molecule has 1 aromatic heterocycles. The summed E-state index contributed by atoms with van der Waals surface area (Å²) >= 11 is 9.65. The lowest BCUT2D eigenvalue weighted by molar-refractivity contribution is -0.385. The predicted molar refractivity (Wildman–Crippen MR) is 135 cm³/mol. The number of nitrogens with zero attached hydrogens (tertiary/aromatic N) is 4. The summed E-state index contributed by atoms with van der Waals surface area (Å²) in [7, 11) is 0. The number of hydrogen-bond donors (Lipinski definition) is 0. The van der Waals surface area contributed by atoms with Crippen LogP contribution in [0.4, 0.5) is 10.1 Å². The molecule has 0 fully saturated rings. The molecule has 0 unspecified atom stereocenters. The van der Waals surface area contributed by atoms with Crippen LogP contribution in [0.3, 0.4) is 0 Å². The van der Waals surface area contributed by atoms with Gasteiger partial charge in [-0.25, -0.2) is 9.37 Å². The summed E-state index contributed by atoms with van der Waals surface area (Å²) in [5, 5.41) is 16.3. The maximum absolute atomic E-state index is 13.1. The fourth-order valence-corrected chi connectivity index (χ4v) is 3.99. The van der Waals surface area contributed by atoms with E-state index in [9.17, 15) is 19.3 Å². The van der Waals surface area contributed by atoms with Crippen LogP contribution in [0.2, 0.25) is 5.02 Å². The van der Waals surface area contributed by atoms with Gasteiger partial charge in [0, 0.05) is 22.5 Å². The highest BCUT2D eigenvalue weighted by Crippen LogP contribution is 2.36. The molecule has 0 bridgehead atoms. The molecule has 0 aliphatic heterocycles. The largest absolute Gasteiger partial charge is 0.481 e. The fourth-order valence-electron chi connectivity index (χ4n) is 3.36. The number of aromatic nitrogens is 2. The maximum atomic E-state index is 13.1. The first-order valence-electron chi connectivity index (χ1n) is 10.4. The SMILES string of the molecule is CCc1nc2ccc(Br)cc2c(=O)n1N=Cc1cc(Cl)c(OCc2ccc(F)cc2)c([N+](=O)[O-])c1. The van der Waals surface area contributed by atoms with Crippen LogP contribution >= 0.6 is 27.5 Å². The lowest BCUT2D eigenvalue weighted by Gasteiger charge is -2.10. The minimum absolute atomic E-state index is 0.00797. The molecule has 0 radical (unpaired) electrons. The molecule has 0 N–H and O–H groups in total.